The van der Waals surface area contributed by atoms with Crippen LogP contribution in [0.1, 0.15) is 10.6 Å². The fourth-order valence-electron chi connectivity index (χ4n) is 2.21. The third-order valence-corrected chi connectivity index (χ3v) is 4.97. The molecule has 0 radical (unpaired) electrons. The van der Waals surface area contributed by atoms with Crippen LogP contribution in [0, 0.1) is 6.92 Å². The molecule has 2 aromatic carbocycles. The minimum Gasteiger partial charge on any atom is -0.452 e. The van der Waals surface area contributed by atoms with Gasteiger partial charge in [-0.2, -0.15) is 0 Å². The van der Waals surface area contributed by atoms with E-state index in [1.807, 2.05) is 24.3 Å². The van der Waals surface area contributed by atoms with Crippen LogP contribution in [-0.4, -0.2) is 23.5 Å². The van der Waals surface area contributed by atoms with Crippen molar-refractivity contribution in [3.63, 3.8) is 0 Å². The smallest absolute Gasteiger partial charge is 0.331 e. The Morgan fingerprint density at radius 2 is 2.04 bits per heavy atom. The van der Waals surface area contributed by atoms with Crippen molar-refractivity contribution < 1.29 is 14.3 Å². The molecule has 0 aliphatic carbocycles. The van der Waals surface area contributed by atoms with Gasteiger partial charge < -0.3 is 10.1 Å². The zero-order valence-corrected chi connectivity index (χ0v) is 15.4. The molecule has 26 heavy (non-hydrogen) atoms. The number of nitrogens with one attached hydrogen (secondary N) is 1. The highest BCUT2D eigenvalue weighted by molar-refractivity contribution is 7.19. The molecule has 3 aromatic rings. The lowest BCUT2D eigenvalue weighted by Gasteiger charge is -2.09. The molecule has 0 aliphatic heterocycles. The molecule has 0 bridgehead atoms. The standard InChI is InChI=1S/C19H15ClN2O3S/c1-12-13(20)5-4-7-14(12)21-17(23)11-25-19(24)10-9-18-22-15-6-2-3-8-16(15)26-18/h2-10H,11H2,1H3,(H,21,23)/b10-9+. The lowest BCUT2D eigenvalue weighted by Crippen LogP contribution is -2.20. The number of halogens is 1. The number of hydrogen-bond donors (Lipinski definition) is 1. The second-order valence-electron chi connectivity index (χ2n) is 5.42. The highest BCUT2D eigenvalue weighted by atomic mass is 35.5. The number of thiazole rings is 1. The Hall–Kier alpha value is -2.70. The van der Waals surface area contributed by atoms with Crippen molar-refractivity contribution in [1.29, 1.82) is 0 Å². The van der Waals surface area contributed by atoms with Crippen LogP contribution < -0.4 is 5.32 Å². The monoisotopic (exact) mass is 386 g/mol. The average Bonchev–Trinajstić information content (AvgIpc) is 3.05. The predicted molar refractivity (Wildman–Crippen MR) is 104 cm³/mol. The topological polar surface area (TPSA) is 68.3 Å². The van der Waals surface area contributed by atoms with Gasteiger partial charge in [0.1, 0.15) is 5.01 Å². The number of ether oxygens (including phenoxy) is 1. The zero-order valence-electron chi connectivity index (χ0n) is 13.9. The number of fused-ring (bicyclic) bond motifs is 1. The van der Waals surface area contributed by atoms with Gasteiger partial charge in [0.2, 0.25) is 0 Å². The van der Waals surface area contributed by atoms with Crippen molar-refractivity contribution >= 4 is 56.8 Å². The average molecular weight is 387 g/mol. The van der Waals surface area contributed by atoms with Crippen LogP contribution in [0.25, 0.3) is 16.3 Å². The number of benzene rings is 2. The maximum Gasteiger partial charge on any atom is 0.331 e. The third kappa shape index (κ3) is 4.47. The van der Waals surface area contributed by atoms with Crippen molar-refractivity contribution in [1.82, 2.24) is 4.98 Å². The van der Waals surface area contributed by atoms with Crippen LogP contribution in [0.2, 0.25) is 5.02 Å². The summed E-state index contributed by atoms with van der Waals surface area (Å²) in [5.74, 6) is -1.04. The number of para-hydroxylation sites is 1. The van der Waals surface area contributed by atoms with E-state index in [1.54, 1.807) is 31.2 Å². The number of nitrogens with zero attached hydrogens (tertiary/aromatic N) is 1. The van der Waals surface area contributed by atoms with E-state index in [0.29, 0.717) is 15.7 Å². The maximum atomic E-state index is 11.9. The van der Waals surface area contributed by atoms with Crippen LogP contribution in [0.4, 0.5) is 5.69 Å². The van der Waals surface area contributed by atoms with Crippen molar-refractivity contribution in [2.75, 3.05) is 11.9 Å². The van der Waals surface area contributed by atoms with E-state index in [-0.39, 0.29) is 6.61 Å². The van der Waals surface area contributed by atoms with E-state index >= 15 is 0 Å². The van der Waals surface area contributed by atoms with Crippen LogP contribution >= 0.6 is 22.9 Å². The minimum absolute atomic E-state index is 0.380. The fraction of sp³-hybridized carbons (Fsp3) is 0.105. The number of carbonyl (C=O) groups excluding carboxylic acids is 2. The Morgan fingerprint density at radius 3 is 2.85 bits per heavy atom. The molecule has 0 atom stereocenters. The molecule has 1 N–H and O–H groups in total. The molecule has 1 aromatic heterocycles. The Labute approximate surface area is 159 Å². The Kier molecular flexibility index (Phi) is 5.65. The minimum atomic E-state index is -0.609. The molecule has 1 amide bonds. The van der Waals surface area contributed by atoms with Crippen molar-refractivity contribution in [2.24, 2.45) is 0 Å². The van der Waals surface area contributed by atoms with Crippen LogP contribution in [0.15, 0.2) is 48.5 Å². The van der Waals surface area contributed by atoms with Gasteiger partial charge in [0.05, 0.1) is 10.2 Å². The highest BCUT2D eigenvalue weighted by Crippen LogP contribution is 2.23. The molecule has 132 valence electrons. The first-order chi connectivity index (χ1) is 12.5. The summed E-state index contributed by atoms with van der Waals surface area (Å²) < 4.78 is 5.99. The van der Waals surface area contributed by atoms with Gasteiger partial charge in [-0.15, -0.1) is 11.3 Å². The van der Waals surface area contributed by atoms with E-state index in [4.69, 9.17) is 16.3 Å². The Bertz CT molecular complexity index is 964. The van der Waals surface area contributed by atoms with E-state index in [9.17, 15) is 9.59 Å². The summed E-state index contributed by atoms with van der Waals surface area (Å²) in [7, 11) is 0. The number of rotatable bonds is 5. The number of carbonyl (C=O) groups is 2. The summed E-state index contributed by atoms with van der Waals surface area (Å²) in [6, 6.07) is 12.9. The number of hydrogen-bond acceptors (Lipinski definition) is 5. The molecular formula is C19H15ClN2O3S. The summed E-state index contributed by atoms with van der Waals surface area (Å²) in [4.78, 5) is 28.1. The first kappa shape index (κ1) is 18.1. The van der Waals surface area contributed by atoms with Gasteiger partial charge in [-0.25, -0.2) is 9.78 Å². The molecule has 0 unspecified atom stereocenters. The van der Waals surface area contributed by atoms with Crippen LogP contribution in [0.5, 0.6) is 0 Å². The van der Waals surface area contributed by atoms with Crippen molar-refractivity contribution in [3.05, 3.63) is 64.1 Å². The largest absolute Gasteiger partial charge is 0.452 e. The Morgan fingerprint density at radius 1 is 1.23 bits per heavy atom. The number of aromatic nitrogens is 1. The van der Waals surface area contributed by atoms with E-state index in [1.165, 1.54) is 17.4 Å². The summed E-state index contributed by atoms with van der Waals surface area (Å²) in [6.07, 6.45) is 2.83. The van der Waals surface area contributed by atoms with Gasteiger partial charge >= 0.3 is 5.97 Å². The van der Waals surface area contributed by atoms with E-state index in [0.717, 1.165) is 15.8 Å². The lowest BCUT2D eigenvalue weighted by atomic mass is 10.2. The van der Waals surface area contributed by atoms with Gasteiger partial charge in [-0.1, -0.05) is 29.8 Å². The summed E-state index contributed by atoms with van der Waals surface area (Å²) in [5.41, 5.74) is 2.22. The fourth-order valence-corrected chi connectivity index (χ4v) is 3.26. The van der Waals surface area contributed by atoms with Crippen molar-refractivity contribution in [2.45, 2.75) is 6.92 Å². The molecule has 0 fully saturated rings. The zero-order chi connectivity index (χ0) is 18.5. The molecule has 5 nitrogen and oxygen atoms in total. The molecule has 0 saturated heterocycles. The van der Waals surface area contributed by atoms with Gasteiger partial charge in [0.25, 0.3) is 5.91 Å². The number of amides is 1. The number of anilines is 1. The van der Waals surface area contributed by atoms with Gasteiger partial charge in [-0.3, -0.25) is 4.79 Å². The van der Waals surface area contributed by atoms with E-state index < -0.39 is 11.9 Å². The maximum absolute atomic E-state index is 11.9. The van der Waals surface area contributed by atoms with Gasteiger partial charge in [-0.05, 0) is 42.8 Å². The SMILES string of the molecule is Cc1c(Cl)cccc1NC(=O)COC(=O)/C=C/c1nc2ccccc2s1. The van der Waals surface area contributed by atoms with Crippen molar-refractivity contribution in [3.8, 4) is 0 Å². The molecule has 1 heterocycles. The summed E-state index contributed by atoms with van der Waals surface area (Å²) in [6.45, 7) is 1.42. The third-order valence-electron chi connectivity index (χ3n) is 3.56. The van der Waals surface area contributed by atoms with Gasteiger partial charge in [0.15, 0.2) is 6.61 Å². The molecular weight excluding hydrogens is 372 g/mol. The van der Waals surface area contributed by atoms with Gasteiger partial charge in [0, 0.05) is 16.8 Å². The summed E-state index contributed by atoms with van der Waals surface area (Å²) in [5, 5.41) is 3.91. The van der Waals surface area contributed by atoms with Crippen LogP contribution in [0.3, 0.4) is 0 Å². The normalized spacial score (nSPS) is 11.0. The molecule has 7 heteroatoms. The molecule has 0 saturated carbocycles. The molecule has 3 rings (SSSR count). The van der Waals surface area contributed by atoms with Crippen LogP contribution in [-0.2, 0) is 14.3 Å². The second-order valence-corrected chi connectivity index (χ2v) is 6.89. The Balaban J connectivity index is 1.53. The number of esters is 1. The quantitative estimate of drug-likeness (QED) is 0.519. The second kappa shape index (κ2) is 8.12. The summed E-state index contributed by atoms with van der Waals surface area (Å²) >= 11 is 7.47. The molecule has 0 spiro atoms. The first-order valence-electron chi connectivity index (χ1n) is 7.78. The first-order valence-corrected chi connectivity index (χ1v) is 8.98. The lowest BCUT2D eigenvalue weighted by molar-refractivity contribution is -0.142. The van der Waals surface area contributed by atoms with E-state index in [2.05, 4.69) is 10.3 Å². The molecule has 0 aliphatic rings. The predicted octanol–water partition coefficient (Wildman–Crippen LogP) is 4.45. The highest BCUT2D eigenvalue weighted by Gasteiger charge is 2.09.